The summed E-state index contributed by atoms with van der Waals surface area (Å²) in [5, 5.41) is 0. The van der Waals surface area contributed by atoms with Crippen molar-refractivity contribution in [1.82, 2.24) is 0 Å². The van der Waals surface area contributed by atoms with E-state index in [0.29, 0.717) is 5.92 Å². The minimum atomic E-state index is -1.27. The van der Waals surface area contributed by atoms with Crippen LogP contribution in [0.4, 0.5) is 0 Å². The Kier molecular flexibility index (Phi) is 8.97. The van der Waals surface area contributed by atoms with E-state index in [4.69, 9.17) is 0 Å². The number of benzene rings is 1. The molecular formula is C26H36Si. The fourth-order valence-corrected chi connectivity index (χ4v) is 4.31. The Morgan fingerprint density at radius 3 is 2.56 bits per heavy atom. The van der Waals surface area contributed by atoms with Gasteiger partial charge in [-0.25, -0.2) is 0 Å². The standard InChI is InChI=1S/C26H36Si/c1-5-6-7-11-16-25(21-20-23-14-9-8-10-15-23)26-19-12-17-24(26)18-13-22-27(2,3)4/h8-10,14-15,24H,5-7,11-12,16-19H2,1-4H3/b26-25-. The van der Waals surface area contributed by atoms with Crippen molar-refractivity contribution < 1.29 is 0 Å². The predicted molar refractivity (Wildman–Crippen MR) is 122 cm³/mol. The molecule has 144 valence electrons. The maximum Gasteiger partial charge on any atom is 0.129 e. The fourth-order valence-electron chi connectivity index (χ4n) is 3.68. The van der Waals surface area contributed by atoms with Crippen LogP contribution in [-0.4, -0.2) is 8.07 Å². The zero-order valence-electron chi connectivity index (χ0n) is 17.8. The molecule has 0 heterocycles. The van der Waals surface area contributed by atoms with Gasteiger partial charge in [0.2, 0.25) is 0 Å². The van der Waals surface area contributed by atoms with Gasteiger partial charge in [0.1, 0.15) is 8.07 Å². The summed E-state index contributed by atoms with van der Waals surface area (Å²) in [5.74, 6) is 11.2. The Hall–Kier alpha value is -1.70. The summed E-state index contributed by atoms with van der Waals surface area (Å²) in [5.41, 5.74) is 7.73. The van der Waals surface area contributed by atoms with Crippen LogP contribution in [0.15, 0.2) is 41.5 Å². The zero-order valence-corrected chi connectivity index (χ0v) is 18.8. The number of hydrogen-bond donors (Lipinski definition) is 0. The summed E-state index contributed by atoms with van der Waals surface area (Å²) >= 11 is 0. The molecule has 0 radical (unpaired) electrons. The highest BCUT2D eigenvalue weighted by molar-refractivity contribution is 6.83. The highest BCUT2D eigenvalue weighted by Crippen LogP contribution is 2.36. The molecule has 1 heteroatoms. The molecule has 0 amide bonds. The van der Waals surface area contributed by atoms with Crippen LogP contribution in [0.25, 0.3) is 0 Å². The molecule has 1 atom stereocenters. The number of unbranched alkanes of at least 4 members (excludes halogenated alkanes) is 3. The van der Waals surface area contributed by atoms with Crippen LogP contribution in [0.2, 0.25) is 19.6 Å². The summed E-state index contributed by atoms with van der Waals surface area (Å²) < 4.78 is 0. The Balaban J connectivity index is 2.20. The average molecular weight is 377 g/mol. The molecule has 27 heavy (non-hydrogen) atoms. The van der Waals surface area contributed by atoms with Crippen LogP contribution in [0, 0.1) is 29.2 Å². The molecule has 1 aromatic carbocycles. The van der Waals surface area contributed by atoms with Gasteiger partial charge in [-0.3, -0.25) is 0 Å². The van der Waals surface area contributed by atoms with Crippen molar-refractivity contribution in [2.45, 2.75) is 84.4 Å². The van der Waals surface area contributed by atoms with Crippen molar-refractivity contribution in [2.24, 2.45) is 5.92 Å². The van der Waals surface area contributed by atoms with Gasteiger partial charge in [0, 0.05) is 17.6 Å². The molecule has 0 N–H and O–H groups in total. The van der Waals surface area contributed by atoms with Gasteiger partial charge in [0.15, 0.2) is 0 Å². The molecular weight excluding hydrogens is 340 g/mol. The molecule has 1 fully saturated rings. The lowest BCUT2D eigenvalue weighted by Gasteiger charge is -2.13. The topological polar surface area (TPSA) is 0 Å². The van der Waals surface area contributed by atoms with E-state index in [9.17, 15) is 0 Å². The second-order valence-corrected chi connectivity index (χ2v) is 13.5. The van der Waals surface area contributed by atoms with Crippen molar-refractivity contribution in [3.63, 3.8) is 0 Å². The highest BCUT2D eigenvalue weighted by Gasteiger charge is 2.23. The molecule has 0 aromatic heterocycles. The molecule has 0 saturated heterocycles. The molecule has 0 spiro atoms. The molecule has 1 aliphatic carbocycles. The molecule has 0 bridgehead atoms. The molecule has 1 saturated carbocycles. The minimum absolute atomic E-state index is 0.639. The van der Waals surface area contributed by atoms with Crippen molar-refractivity contribution in [3.05, 3.63) is 47.0 Å². The van der Waals surface area contributed by atoms with E-state index in [1.807, 2.05) is 0 Å². The van der Waals surface area contributed by atoms with Crippen LogP contribution in [0.3, 0.4) is 0 Å². The van der Waals surface area contributed by atoms with E-state index in [-0.39, 0.29) is 0 Å². The van der Waals surface area contributed by atoms with Gasteiger partial charge in [0.25, 0.3) is 0 Å². The first-order valence-electron chi connectivity index (χ1n) is 10.8. The predicted octanol–water partition coefficient (Wildman–Crippen LogP) is 7.38. The van der Waals surface area contributed by atoms with Crippen molar-refractivity contribution in [3.8, 4) is 23.3 Å². The Bertz CT molecular complexity index is 726. The summed E-state index contributed by atoms with van der Waals surface area (Å²) in [6.07, 6.45) is 11.2. The van der Waals surface area contributed by atoms with Crippen LogP contribution >= 0.6 is 0 Å². The summed E-state index contributed by atoms with van der Waals surface area (Å²) in [6, 6.07) is 10.4. The maximum absolute atomic E-state index is 3.58. The first-order valence-corrected chi connectivity index (χ1v) is 14.3. The third-order valence-electron chi connectivity index (χ3n) is 5.10. The number of hydrogen-bond acceptors (Lipinski definition) is 0. The zero-order chi connectivity index (χ0) is 19.5. The van der Waals surface area contributed by atoms with E-state index in [0.717, 1.165) is 18.4 Å². The lowest BCUT2D eigenvalue weighted by atomic mass is 9.92. The molecule has 1 unspecified atom stereocenters. The van der Waals surface area contributed by atoms with Crippen molar-refractivity contribution in [1.29, 1.82) is 0 Å². The van der Waals surface area contributed by atoms with Crippen LogP contribution in [0.1, 0.15) is 70.3 Å². The molecule has 2 rings (SSSR count). The van der Waals surface area contributed by atoms with E-state index >= 15 is 0 Å². The van der Waals surface area contributed by atoms with Crippen LogP contribution < -0.4 is 0 Å². The smallest absolute Gasteiger partial charge is 0.129 e. The van der Waals surface area contributed by atoms with Gasteiger partial charge in [0.05, 0.1) is 0 Å². The van der Waals surface area contributed by atoms with Crippen molar-refractivity contribution in [2.75, 3.05) is 0 Å². The third-order valence-corrected chi connectivity index (χ3v) is 6.03. The SMILES string of the molecule is CCCCCC/C(C#Cc1ccccc1)=C1\CCCC1CC#C[Si](C)(C)C. The monoisotopic (exact) mass is 376 g/mol. The Morgan fingerprint density at radius 1 is 1.07 bits per heavy atom. The van der Waals surface area contributed by atoms with Gasteiger partial charge < -0.3 is 0 Å². The Labute approximate surface area is 168 Å². The quantitative estimate of drug-likeness (QED) is 0.276. The summed E-state index contributed by atoms with van der Waals surface area (Å²) in [7, 11) is -1.27. The lowest BCUT2D eigenvalue weighted by molar-refractivity contribution is 0.632. The van der Waals surface area contributed by atoms with E-state index < -0.39 is 8.07 Å². The van der Waals surface area contributed by atoms with Gasteiger partial charge in [-0.1, -0.05) is 81.4 Å². The van der Waals surface area contributed by atoms with Crippen molar-refractivity contribution >= 4 is 8.07 Å². The second kappa shape index (κ2) is 11.2. The van der Waals surface area contributed by atoms with E-state index in [2.05, 4.69) is 80.2 Å². The first-order chi connectivity index (χ1) is 13.0. The number of allylic oxidation sites excluding steroid dienone is 2. The molecule has 1 aromatic rings. The summed E-state index contributed by atoms with van der Waals surface area (Å²) in [6.45, 7) is 9.26. The largest absolute Gasteiger partial charge is 0.132 e. The average Bonchev–Trinajstić information content (AvgIpc) is 3.09. The van der Waals surface area contributed by atoms with Crippen LogP contribution in [0.5, 0.6) is 0 Å². The van der Waals surface area contributed by atoms with Gasteiger partial charge in [-0.2, -0.15) is 0 Å². The Morgan fingerprint density at radius 2 is 1.85 bits per heavy atom. The van der Waals surface area contributed by atoms with E-state index in [1.54, 1.807) is 5.57 Å². The second-order valence-electron chi connectivity index (χ2n) is 8.78. The maximum atomic E-state index is 3.58. The molecule has 0 nitrogen and oxygen atoms in total. The first kappa shape index (κ1) is 21.6. The molecule has 0 aliphatic heterocycles. The minimum Gasteiger partial charge on any atom is -0.132 e. The molecule has 1 aliphatic rings. The van der Waals surface area contributed by atoms with E-state index in [1.165, 1.54) is 50.5 Å². The van der Waals surface area contributed by atoms with Gasteiger partial charge >= 0.3 is 0 Å². The van der Waals surface area contributed by atoms with Gasteiger partial charge in [-0.05, 0) is 50.2 Å². The van der Waals surface area contributed by atoms with Gasteiger partial charge in [-0.15, -0.1) is 11.5 Å². The fraction of sp³-hybridized carbons (Fsp3) is 0.538. The highest BCUT2D eigenvalue weighted by atomic mass is 28.3. The van der Waals surface area contributed by atoms with Crippen LogP contribution in [-0.2, 0) is 0 Å². The third kappa shape index (κ3) is 8.24. The summed E-state index contributed by atoms with van der Waals surface area (Å²) in [4.78, 5) is 0. The normalized spacial score (nSPS) is 18.3. The number of rotatable bonds is 6. The lowest BCUT2D eigenvalue weighted by Crippen LogP contribution is -2.16.